The molecule has 0 amide bonds. The summed E-state index contributed by atoms with van der Waals surface area (Å²) in [5.41, 5.74) is 1.04. The minimum atomic E-state index is 0.0825. The minimum absolute atomic E-state index is 0.0825. The Morgan fingerprint density at radius 1 is 1.38 bits per heavy atom. The van der Waals surface area contributed by atoms with Gasteiger partial charge in [-0.2, -0.15) is 0 Å². The van der Waals surface area contributed by atoms with Gasteiger partial charge in [-0.25, -0.2) is 9.97 Å². The maximum Gasteiger partial charge on any atom is 0.129 e. The molecule has 0 fully saturated rings. The second kappa shape index (κ2) is 8.01. The van der Waals surface area contributed by atoms with Crippen LogP contribution in [-0.2, 0) is 11.2 Å². The lowest BCUT2D eigenvalue weighted by Crippen LogP contribution is -2.08. The maximum atomic E-state index is 8.50. The molecule has 0 radical (unpaired) electrons. The fourth-order valence-corrected chi connectivity index (χ4v) is 1.24. The summed E-state index contributed by atoms with van der Waals surface area (Å²) in [6, 6.07) is 1.95. The fraction of sp³-hybridized carbons (Fsp3) is 0.636. The maximum absolute atomic E-state index is 8.50. The summed E-state index contributed by atoms with van der Waals surface area (Å²) < 4.78 is 5.14. The van der Waals surface area contributed by atoms with Gasteiger partial charge in [0.05, 0.1) is 13.2 Å². The summed E-state index contributed by atoms with van der Waals surface area (Å²) >= 11 is 0. The number of aliphatic hydroxyl groups excluding tert-OH is 1. The van der Waals surface area contributed by atoms with Crippen molar-refractivity contribution in [2.45, 2.75) is 19.8 Å². The van der Waals surface area contributed by atoms with Gasteiger partial charge in [0, 0.05) is 24.9 Å². The van der Waals surface area contributed by atoms with Crippen molar-refractivity contribution in [3.05, 3.63) is 18.1 Å². The Labute approximate surface area is 95.9 Å². The van der Waals surface area contributed by atoms with Gasteiger partial charge in [0.1, 0.15) is 12.1 Å². The summed E-state index contributed by atoms with van der Waals surface area (Å²) in [6.07, 6.45) is 3.38. The van der Waals surface area contributed by atoms with Crippen LogP contribution in [0.15, 0.2) is 12.4 Å². The second-order valence-corrected chi connectivity index (χ2v) is 3.36. The second-order valence-electron chi connectivity index (χ2n) is 3.36. The lowest BCUT2D eigenvalue weighted by Gasteiger charge is -2.06. The van der Waals surface area contributed by atoms with Crippen LogP contribution in [0.25, 0.3) is 0 Å². The van der Waals surface area contributed by atoms with Crippen molar-refractivity contribution in [3.63, 3.8) is 0 Å². The van der Waals surface area contributed by atoms with Gasteiger partial charge >= 0.3 is 0 Å². The fourth-order valence-electron chi connectivity index (χ4n) is 1.24. The number of nitrogens with one attached hydrogen (secondary N) is 1. The first-order valence-electron chi connectivity index (χ1n) is 5.60. The summed E-state index contributed by atoms with van der Waals surface area (Å²) in [5.74, 6) is 0.856. The number of aliphatic hydroxyl groups is 1. The molecule has 90 valence electrons. The number of aryl methyl sites for hydroxylation is 1. The summed E-state index contributed by atoms with van der Waals surface area (Å²) in [4.78, 5) is 8.24. The highest BCUT2D eigenvalue weighted by molar-refractivity contribution is 5.34. The predicted octanol–water partition coefficient (Wildman–Crippen LogP) is 0.850. The standard InChI is InChI=1S/C11H19N3O2/c1-2-10-8-11(14-9-13-10)12-4-3-6-16-7-5-15/h8-9,15H,2-7H2,1H3,(H,12,13,14). The van der Waals surface area contributed by atoms with Crippen molar-refractivity contribution < 1.29 is 9.84 Å². The number of hydrogen-bond acceptors (Lipinski definition) is 5. The smallest absolute Gasteiger partial charge is 0.129 e. The van der Waals surface area contributed by atoms with E-state index in [-0.39, 0.29) is 6.61 Å². The van der Waals surface area contributed by atoms with Crippen molar-refractivity contribution >= 4 is 5.82 Å². The Hall–Kier alpha value is -1.20. The third-order valence-corrected chi connectivity index (χ3v) is 2.09. The van der Waals surface area contributed by atoms with E-state index in [1.165, 1.54) is 0 Å². The van der Waals surface area contributed by atoms with E-state index in [0.29, 0.717) is 13.2 Å². The van der Waals surface area contributed by atoms with Gasteiger partial charge in [-0.3, -0.25) is 0 Å². The molecule has 0 unspecified atom stereocenters. The van der Waals surface area contributed by atoms with E-state index < -0.39 is 0 Å². The normalized spacial score (nSPS) is 10.4. The summed E-state index contributed by atoms with van der Waals surface area (Å²) in [7, 11) is 0. The minimum Gasteiger partial charge on any atom is -0.394 e. The van der Waals surface area contributed by atoms with Crippen LogP contribution in [0.1, 0.15) is 19.0 Å². The van der Waals surface area contributed by atoms with Crippen molar-refractivity contribution in [1.29, 1.82) is 0 Å². The number of ether oxygens (including phenoxy) is 1. The Kier molecular flexibility index (Phi) is 6.44. The van der Waals surface area contributed by atoms with Gasteiger partial charge in [0.25, 0.3) is 0 Å². The van der Waals surface area contributed by atoms with Crippen LogP contribution in [0.3, 0.4) is 0 Å². The molecule has 0 saturated carbocycles. The highest BCUT2D eigenvalue weighted by Crippen LogP contribution is 2.04. The molecule has 16 heavy (non-hydrogen) atoms. The first kappa shape index (κ1) is 12.9. The van der Waals surface area contributed by atoms with Crippen LogP contribution >= 0.6 is 0 Å². The first-order valence-corrected chi connectivity index (χ1v) is 5.60. The van der Waals surface area contributed by atoms with Gasteiger partial charge in [0.2, 0.25) is 0 Å². The van der Waals surface area contributed by atoms with Gasteiger partial charge in [-0.05, 0) is 12.8 Å². The van der Waals surface area contributed by atoms with E-state index in [1.807, 2.05) is 6.07 Å². The van der Waals surface area contributed by atoms with Crippen molar-refractivity contribution in [2.24, 2.45) is 0 Å². The number of rotatable bonds is 8. The van der Waals surface area contributed by atoms with E-state index in [2.05, 4.69) is 22.2 Å². The molecule has 1 heterocycles. The number of nitrogens with zero attached hydrogens (tertiary/aromatic N) is 2. The Balaban J connectivity index is 2.16. The molecule has 5 heteroatoms. The molecule has 1 aromatic heterocycles. The highest BCUT2D eigenvalue weighted by Gasteiger charge is 1.96. The summed E-state index contributed by atoms with van der Waals surface area (Å²) in [5, 5.41) is 11.7. The number of aromatic nitrogens is 2. The molecule has 1 aromatic rings. The Morgan fingerprint density at radius 2 is 2.25 bits per heavy atom. The lowest BCUT2D eigenvalue weighted by atomic mass is 10.3. The molecule has 2 N–H and O–H groups in total. The molecule has 0 spiro atoms. The molecule has 0 bridgehead atoms. The van der Waals surface area contributed by atoms with Gasteiger partial charge in [-0.15, -0.1) is 0 Å². The van der Waals surface area contributed by atoms with Crippen LogP contribution in [0.5, 0.6) is 0 Å². The zero-order valence-corrected chi connectivity index (χ0v) is 9.65. The quantitative estimate of drug-likeness (QED) is 0.642. The number of hydrogen-bond donors (Lipinski definition) is 2. The van der Waals surface area contributed by atoms with Crippen molar-refractivity contribution in [2.75, 3.05) is 31.7 Å². The molecular formula is C11H19N3O2. The average Bonchev–Trinajstić information content (AvgIpc) is 2.34. The highest BCUT2D eigenvalue weighted by atomic mass is 16.5. The van der Waals surface area contributed by atoms with Crippen LogP contribution in [0.4, 0.5) is 5.82 Å². The predicted molar refractivity (Wildman–Crippen MR) is 62.4 cm³/mol. The van der Waals surface area contributed by atoms with Crippen LogP contribution in [0, 0.1) is 0 Å². The van der Waals surface area contributed by atoms with Gasteiger partial charge in [0.15, 0.2) is 0 Å². The molecule has 0 atom stereocenters. The van der Waals surface area contributed by atoms with Gasteiger partial charge in [-0.1, -0.05) is 6.92 Å². The van der Waals surface area contributed by atoms with Crippen LogP contribution in [0.2, 0.25) is 0 Å². The average molecular weight is 225 g/mol. The molecule has 0 aromatic carbocycles. The zero-order valence-electron chi connectivity index (χ0n) is 9.65. The van der Waals surface area contributed by atoms with E-state index >= 15 is 0 Å². The van der Waals surface area contributed by atoms with E-state index in [0.717, 1.165) is 30.9 Å². The SMILES string of the molecule is CCc1cc(NCCCOCCO)ncn1. The van der Waals surface area contributed by atoms with E-state index in [9.17, 15) is 0 Å². The van der Waals surface area contributed by atoms with Gasteiger partial charge < -0.3 is 15.2 Å². The molecule has 5 nitrogen and oxygen atoms in total. The Bertz CT molecular complexity index is 294. The third-order valence-electron chi connectivity index (χ3n) is 2.09. The van der Waals surface area contributed by atoms with E-state index in [1.54, 1.807) is 6.33 Å². The van der Waals surface area contributed by atoms with Crippen molar-refractivity contribution in [1.82, 2.24) is 9.97 Å². The summed E-state index contributed by atoms with van der Waals surface area (Å²) in [6.45, 7) is 4.02. The molecule has 1 rings (SSSR count). The Morgan fingerprint density at radius 3 is 3.00 bits per heavy atom. The largest absolute Gasteiger partial charge is 0.394 e. The van der Waals surface area contributed by atoms with Crippen LogP contribution in [-0.4, -0.2) is 41.4 Å². The van der Waals surface area contributed by atoms with E-state index in [4.69, 9.17) is 9.84 Å². The molecule has 0 aliphatic rings. The first-order chi connectivity index (χ1) is 7.86. The third kappa shape index (κ3) is 5.04. The van der Waals surface area contributed by atoms with Crippen molar-refractivity contribution in [3.8, 4) is 0 Å². The lowest BCUT2D eigenvalue weighted by molar-refractivity contribution is 0.0922. The molecule has 0 aliphatic heterocycles. The molecular weight excluding hydrogens is 206 g/mol. The van der Waals surface area contributed by atoms with Crippen LogP contribution < -0.4 is 5.32 Å². The monoisotopic (exact) mass is 225 g/mol. The topological polar surface area (TPSA) is 67.3 Å². The molecule has 0 aliphatic carbocycles. The zero-order chi connectivity index (χ0) is 11.6. The molecule has 0 saturated heterocycles. The number of anilines is 1.